The van der Waals surface area contributed by atoms with Gasteiger partial charge in [-0.25, -0.2) is 4.39 Å². The van der Waals surface area contributed by atoms with Gasteiger partial charge in [-0.3, -0.25) is 0 Å². The number of nitrogens with one attached hydrogen (secondary N) is 2. The molecule has 2 nitrogen and oxygen atoms in total. The minimum Gasteiger partial charge on any atom is -0.317 e. The molecule has 1 atom stereocenters. The summed E-state index contributed by atoms with van der Waals surface area (Å²) in [4.78, 5) is 0. The molecule has 1 aromatic carbocycles. The van der Waals surface area contributed by atoms with Crippen molar-refractivity contribution < 1.29 is 4.39 Å². The van der Waals surface area contributed by atoms with Crippen molar-refractivity contribution in [1.82, 2.24) is 10.6 Å². The molecule has 1 aliphatic heterocycles. The molecular weight excluding hydrogens is 203 g/mol. The van der Waals surface area contributed by atoms with E-state index in [1.807, 2.05) is 12.1 Å². The highest BCUT2D eigenvalue weighted by Gasteiger charge is 2.15. The van der Waals surface area contributed by atoms with Crippen molar-refractivity contribution in [3.05, 3.63) is 35.6 Å². The molecule has 0 bridgehead atoms. The molecule has 1 saturated heterocycles. The Morgan fingerprint density at radius 3 is 2.50 bits per heavy atom. The Kier molecular flexibility index (Phi) is 3.91. The third-order valence-electron chi connectivity index (χ3n) is 3.19. The van der Waals surface area contributed by atoms with Gasteiger partial charge in [-0.1, -0.05) is 12.1 Å². The molecule has 0 aliphatic carbocycles. The first-order valence-electron chi connectivity index (χ1n) is 5.98. The number of piperidine rings is 1. The highest BCUT2D eigenvalue weighted by Crippen LogP contribution is 2.15. The third-order valence-corrected chi connectivity index (χ3v) is 3.19. The minimum atomic E-state index is -0.169. The van der Waals surface area contributed by atoms with Crippen molar-refractivity contribution in [3.63, 3.8) is 0 Å². The standard InChI is InChI=1S/C13H19FN2/c1-10(11-2-4-12(14)5-3-11)16-13-6-8-15-9-7-13/h2-5,10,13,15-16H,6-9H2,1H3/t10-/m1/s1. The van der Waals surface area contributed by atoms with E-state index in [1.165, 1.54) is 25.0 Å². The van der Waals surface area contributed by atoms with Crippen molar-refractivity contribution >= 4 is 0 Å². The van der Waals surface area contributed by atoms with Gasteiger partial charge in [0, 0.05) is 12.1 Å². The lowest BCUT2D eigenvalue weighted by Gasteiger charge is -2.27. The Hall–Kier alpha value is -0.930. The lowest BCUT2D eigenvalue weighted by Crippen LogP contribution is -2.40. The van der Waals surface area contributed by atoms with E-state index < -0.39 is 0 Å². The summed E-state index contributed by atoms with van der Waals surface area (Å²) < 4.78 is 12.8. The summed E-state index contributed by atoms with van der Waals surface area (Å²) >= 11 is 0. The topological polar surface area (TPSA) is 24.1 Å². The fraction of sp³-hybridized carbons (Fsp3) is 0.538. The molecule has 0 unspecified atom stereocenters. The van der Waals surface area contributed by atoms with Crippen LogP contribution < -0.4 is 10.6 Å². The Morgan fingerprint density at radius 1 is 1.25 bits per heavy atom. The molecule has 2 rings (SSSR count). The van der Waals surface area contributed by atoms with E-state index in [-0.39, 0.29) is 5.82 Å². The summed E-state index contributed by atoms with van der Waals surface area (Å²) in [6.45, 7) is 4.32. The number of benzene rings is 1. The van der Waals surface area contributed by atoms with Crippen LogP contribution >= 0.6 is 0 Å². The van der Waals surface area contributed by atoms with Crippen LogP contribution in [-0.4, -0.2) is 19.1 Å². The molecule has 0 radical (unpaired) electrons. The van der Waals surface area contributed by atoms with E-state index in [2.05, 4.69) is 17.6 Å². The summed E-state index contributed by atoms with van der Waals surface area (Å²) in [6.07, 6.45) is 2.34. The molecule has 1 fully saturated rings. The monoisotopic (exact) mass is 222 g/mol. The summed E-state index contributed by atoms with van der Waals surface area (Å²) in [7, 11) is 0. The van der Waals surface area contributed by atoms with Crippen LogP contribution in [0.25, 0.3) is 0 Å². The molecule has 16 heavy (non-hydrogen) atoms. The van der Waals surface area contributed by atoms with Crippen molar-refractivity contribution in [2.24, 2.45) is 0 Å². The van der Waals surface area contributed by atoms with Gasteiger partial charge in [-0.15, -0.1) is 0 Å². The van der Waals surface area contributed by atoms with Crippen LogP contribution in [0.2, 0.25) is 0 Å². The van der Waals surface area contributed by atoms with Crippen LogP contribution in [0.5, 0.6) is 0 Å². The van der Waals surface area contributed by atoms with E-state index in [0.717, 1.165) is 18.7 Å². The first-order chi connectivity index (χ1) is 7.75. The van der Waals surface area contributed by atoms with Crippen molar-refractivity contribution in [2.75, 3.05) is 13.1 Å². The second-order valence-electron chi connectivity index (χ2n) is 4.46. The maximum atomic E-state index is 12.8. The molecule has 2 N–H and O–H groups in total. The zero-order chi connectivity index (χ0) is 11.4. The number of hydrogen-bond acceptors (Lipinski definition) is 2. The van der Waals surface area contributed by atoms with Crippen LogP contribution in [0, 0.1) is 5.82 Å². The summed E-state index contributed by atoms with van der Waals surface area (Å²) in [5.41, 5.74) is 1.15. The second kappa shape index (κ2) is 5.41. The summed E-state index contributed by atoms with van der Waals surface area (Å²) in [6, 6.07) is 7.64. The normalized spacial score (nSPS) is 19.6. The number of hydrogen-bond donors (Lipinski definition) is 2. The average Bonchev–Trinajstić information content (AvgIpc) is 2.31. The fourth-order valence-corrected chi connectivity index (χ4v) is 2.19. The van der Waals surface area contributed by atoms with Gasteiger partial charge in [0.05, 0.1) is 0 Å². The Balaban J connectivity index is 1.91. The van der Waals surface area contributed by atoms with Gasteiger partial charge in [0.2, 0.25) is 0 Å². The lowest BCUT2D eigenvalue weighted by molar-refractivity contribution is 0.359. The van der Waals surface area contributed by atoms with Gasteiger partial charge in [0.25, 0.3) is 0 Å². The predicted molar refractivity (Wildman–Crippen MR) is 63.8 cm³/mol. The average molecular weight is 222 g/mol. The van der Waals surface area contributed by atoms with Gasteiger partial charge < -0.3 is 10.6 Å². The molecule has 88 valence electrons. The van der Waals surface area contributed by atoms with Crippen molar-refractivity contribution in [1.29, 1.82) is 0 Å². The van der Waals surface area contributed by atoms with E-state index in [4.69, 9.17) is 0 Å². The maximum Gasteiger partial charge on any atom is 0.123 e. The molecule has 0 saturated carbocycles. The largest absolute Gasteiger partial charge is 0.317 e. The first-order valence-corrected chi connectivity index (χ1v) is 5.98. The van der Waals surface area contributed by atoms with Crippen LogP contribution in [0.4, 0.5) is 4.39 Å². The van der Waals surface area contributed by atoms with Gasteiger partial charge in [0.1, 0.15) is 5.82 Å². The molecule has 0 aromatic heterocycles. The van der Waals surface area contributed by atoms with Crippen LogP contribution in [0.15, 0.2) is 24.3 Å². The van der Waals surface area contributed by atoms with Gasteiger partial charge in [-0.2, -0.15) is 0 Å². The first kappa shape index (κ1) is 11.6. The second-order valence-corrected chi connectivity index (χ2v) is 4.46. The zero-order valence-electron chi connectivity index (χ0n) is 9.67. The Bertz CT molecular complexity index is 317. The predicted octanol–water partition coefficient (Wildman–Crippen LogP) is 2.23. The molecule has 0 amide bonds. The van der Waals surface area contributed by atoms with Crippen LogP contribution in [-0.2, 0) is 0 Å². The molecule has 1 aromatic rings. The molecule has 1 heterocycles. The quantitative estimate of drug-likeness (QED) is 0.819. The zero-order valence-corrected chi connectivity index (χ0v) is 9.67. The molecule has 0 spiro atoms. The van der Waals surface area contributed by atoms with Gasteiger partial charge >= 0.3 is 0 Å². The van der Waals surface area contributed by atoms with Gasteiger partial charge in [-0.05, 0) is 50.6 Å². The van der Waals surface area contributed by atoms with E-state index in [1.54, 1.807) is 0 Å². The van der Waals surface area contributed by atoms with Crippen molar-refractivity contribution in [2.45, 2.75) is 31.8 Å². The SMILES string of the molecule is C[C@@H](NC1CCNCC1)c1ccc(F)cc1. The smallest absolute Gasteiger partial charge is 0.123 e. The third kappa shape index (κ3) is 3.03. The van der Waals surface area contributed by atoms with Crippen LogP contribution in [0.1, 0.15) is 31.4 Å². The summed E-state index contributed by atoms with van der Waals surface area (Å²) in [5, 5.41) is 6.94. The number of rotatable bonds is 3. The molecule has 1 aliphatic rings. The Labute approximate surface area is 96.2 Å². The highest BCUT2D eigenvalue weighted by molar-refractivity contribution is 5.19. The number of halogens is 1. The van der Waals surface area contributed by atoms with E-state index in [0.29, 0.717) is 12.1 Å². The molecule has 3 heteroatoms. The van der Waals surface area contributed by atoms with Crippen LogP contribution in [0.3, 0.4) is 0 Å². The molecular formula is C13H19FN2. The van der Waals surface area contributed by atoms with Gasteiger partial charge in [0.15, 0.2) is 0 Å². The maximum absolute atomic E-state index is 12.8. The fourth-order valence-electron chi connectivity index (χ4n) is 2.19. The lowest BCUT2D eigenvalue weighted by atomic mass is 10.0. The highest BCUT2D eigenvalue weighted by atomic mass is 19.1. The minimum absolute atomic E-state index is 0.169. The van der Waals surface area contributed by atoms with E-state index >= 15 is 0 Å². The van der Waals surface area contributed by atoms with E-state index in [9.17, 15) is 4.39 Å². The Morgan fingerprint density at radius 2 is 1.88 bits per heavy atom. The van der Waals surface area contributed by atoms with Crippen molar-refractivity contribution in [3.8, 4) is 0 Å². The summed E-state index contributed by atoms with van der Waals surface area (Å²) in [5.74, 6) is -0.169.